The van der Waals surface area contributed by atoms with Gasteiger partial charge in [-0.15, -0.1) is 0 Å². The molecule has 16 heavy (non-hydrogen) atoms. The van der Waals surface area contributed by atoms with Gasteiger partial charge in [0.1, 0.15) is 0 Å². The number of rotatable bonds is 1. The molecule has 0 bridgehead atoms. The van der Waals surface area contributed by atoms with Gasteiger partial charge in [0.2, 0.25) is 0 Å². The van der Waals surface area contributed by atoms with Crippen molar-refractivity contribution in [3.8, 4) is 0 Å². The minimum atomic E-state index is -4.44. The minimum absolute atomic E-state index is 0.138. The first-order valence-electron chi connectivity index (χ1n) is 4.02. The molecular weight excluding hydrogens is 307 g/mol. The second-order valence-electron chi connectivity index (χ2n) is 3.10. The molecule has 0 aromatic heterocycles. The summed E-state index contributed by atoms with van der Waals surface area (Å²) in [5, 5.41) is 0.138. The summed E-state index contributed by atoms with van der Waals surface area (Å²) in [4.78, 5) is 0. The number of halogens is 7. The Hall–Kier alpha value is 0.170. The van der Waals surface area contributed by atoms with Crippen molar-refractivity contribution in [2.45, 2.75) is 16.4 Å². The molecule has 0 unspecified atom stereocenters. The van der Waals surface area contributed by atoms with E-state index in [0.717, 1.165) is 18.2 Å². The number of alkyl halides is 6. The van der Waals surface area contributed by atoms with Gasteiger partial charge in [-0.1, -0.05) is 46.4 Å². The van der Waals surface area contributed by atoms with Crippen molar-refractivity contribution in [3.63, 3.8) is 0 Å². The van der Waals surface area contributed by atoms with E-state index in [0.29, 0.717) is 0 Å². The summed E-state index contributed by atoms with van der Waals surface area (Å²) in [7, 11) is 0. The average Bonchev–Trinajstić information content (AvgIpc) is 2.04. The third-order valence-corrected chi connectivity index (χ3v) is 2.53. The normalized spacial score (nSPS) is 12.9. The van der Waals surface area contributed by atoms with E-state index in [2.05, 4.69) is 0 Å². The average molecular weight is 312 g/mol. The zero-order valence-corrected chi connectivity index (χ0v) is 10.6. The van der Waals surface area contributed by atoms with Crippen LogP contribution in [0.5, 0.6) is 0 Å². The molecule has 0 saturated heterocycles. The van der Waals surface area contributed by atoms with Crippen LogP contribution < -0.4 is 0 Å². The molecule has 0 saturated carbocycles. The van der Waals surface area contributed by atoms with E-state index in [1.165, 1.54) is 0 Å². The van der Waals surface area contributed by atoms with Crippen LogP contribution in [0.3, 0.4) is 0 Å². The number of benzene rings is 1. The fraction of sp³-hybridized carbons (Fsp3) is 0.333. The Morgan fingerprint density at radius 1 is 1.06 bits per heavy atom. The van der Waals surface area contributed by atoms with E-state index < -0.39 is 15.5 Å². The molecule has 0 N–H and O–H groups in total. The van der Waals surface area contributed by atoms with E-state index in [1.807, 2.05) is 0 Å². The van der Waals surface area contributed by atoms with Gasteiger partial charge in [-0.2, -0.15) is 13.2 Å². The van der Waals surface area contributed by atoms with Crippen molar-refractivity contribution in [2.75, 3.05) is 0 Å². The molecule has 1 aromatic rings. The first-order chi connectivity index (χ1) is 7.09. The Balaban J connectivity index is 3.10. The molecule has 1 aromatic carbocycles. The van der Waals surface area contributed by atoms with Crippen LogP contribution in [0, 0.1) is 0 Å². The van der Waals surface area contributed by atoms with Crippen LogP contribution in [-0.4, -0.2) is 3.79 Å². The van der Waals surface area contributed by atoms with Crippen LogP contribution in [0.25, 0.3) is 0 Å². The van der Waals surface area contributed by atoms with Crippen LogP contribution in [0.4, 0.5) is 13.2 Å². The van der Waals surface area contributed by atoms with Gasteiger partial charge in [0.05, 0.1) is 5.56 Å². The Morgan fingerprint density at radius 3 is 2.06 bits per heavy atom. The summed E-state index contributed by atoms with van der Waals surface area (Å²) in [5.74, 6) is 0. The van der Waals surface area contributed by atoms with Gasteiger partial charge in [-0.3, -0.25) is 0 Å². The highest BCUT2D eigenvalue weighted by atomic mass is 35.6. The predicted molar refractivity (Wildman–Crippen MR) is 60.4 cm³/mol. The quantitative estimate of drug-likeness (QED) is 0.620. The van der Waals surface area contributed by atoms with Gasteiger partial charge in [0, 0.05) is 11.4 Å². The molecule has 0 nitrogen and oxygen atoms in total. The summed E-state index contributed by atoms with van der Waals surface area (Å²) in [6.07, 6.45) is -4.62. The minimum Gasteiger partial charge on any atom is -0.166 e. The molecule has 0 atom stereocenters. The Morgan fingerprint density at radius 2 is 1.62 bits per heavy atom. The SMILES string of the molecule is FC(F)(F)c1ccc(Cl)c(CC(Cl)(Cl)Cl)c1. The van der Waals surface area contributed by atoms with Gasteiger partial charge in [0.15, 0.2) is 3.79 Å². The van der Waals surface area contributed by atoms with Gasteiger partial charge in [0.25, 0.3) is 0 Å². The molecule has 7 heteroatoms. The number of hydrogen-bond donors (Lipinski definition) is 0. The van der Waals surface area contributed by atoms with Crippen molar-refractivity contribution >= 4 is 46.4 Å². The molecule has 0 heterocycles. The monoisotopic (exact) mass is 310 g/mol. The highest BCUT2D eigenvalue weighted by Gasteiger charge is 2.32. The van der Waals surface area contributed by atoms with Crippen molar-refractivity contribution in [3.05, 3.63) is 34.3 Å². The van der Waals surface area contributed by atoms with Crippen LogP contribution in [0.2, 0.25) is 5.02 Å². The first-order valence-corrected chi connectivity index (χ1v) is 5.53. The molecule has 0 radical (unpaired) electrons. The summed E-state index contributed by atoms with van der Waals surface area (Å²) < 4.78 is 35.5. The molecule has 0 spiro atoms. The van der Waals surface area contributed by atoms with Crippen LogP contribution in [0.15, 0.2) is 18.2 Å². The fourth-order valence-electron chi connectivity index (χ4n) is 1.10. The highest BCUT2D eigenvalue weighted by molar-refractivity contribution is 6.67. The maximum atomic E-state index is 12.4. The van der Waals surface area contributed by atoms with E-state index in [9.17, 15) is 13.2 Å². The fourth-order valence-corrected chi connectivity index (χ4v) is 1.72. The topological polar surface area (TPSA) is 0 Å². The summed E-state index contributed by atoms with van der Waals surface area (Å²) in [6.45, 7) is 0. The van der Waals surface area contributed by atoms with Crippen molar-refractivity contribution in [2.24, 2.45) is 0 Å². The van der Waals surface area contributed by atoms with Crippen molar-refractivity contribution < 1.29 is 13.2 Å². The van der Waals surface area contributed by atoms with Crippen molar-refractivity contribution in [1.29, 1.82) is 0 Å². The lowest BCUT2D eigenvalue weighted by Gasteiger charge is -2.14. The largest absolute Gasteiger partial charge is 0.416 e. The maximum absolute atomic E-state index is 12.4. The Kier molecular flexibility index (Phi) is 4.28. The van der Waals surface area contributed by atoms with Crippen LogP contribution in [0.1, 0.15) is 11.1 Å². The highest BCUT2D eigenvalue weighted by Crippen LogP contribution is 2.36. The third-order valence-electron chi connectivity index (χ3n) is 1.76. The zero-order valence-electron chi connectivity index (χ0n) is 7.58. The molecule has 0 aliphatic rings. The molecule has 0 aliphatic carbocycles. The maximum Gasteiger partial charge on any atom is 0.416 e. The van der Waals surface area contributed by atoms with Crippen LogP contribution in [-0.2, 0) is 12.6 Å². The van der Waals surface area contributed by atoms with Gasteiger partial charge in [-0.05, 0) is 23.8 Å². The Bertz CT molecular complexity index is 381. The zero-order chi connectivity index (χ0) is 12.6. The summed E-state index contributed by atoms with van der Waals surface area (Å²) in [5.41, 5.74) is -0.669. The smallest absolute Gasteiger partial charge is 0.166 e. The van der Waals surface area contributed by atoms with E-state index >= 15 is 0 Å². The predicted octanol–water partition coefficient (Wildman–Crippen LogP) is 5.27. The summed E-state index contributed by atoms with van der Waals surface area (Å²) >= 11 is 22.2. The standard InChI is InChI=1S/C9H5Cl4F3/c10-7-2-1-6(9(14,15)16)3-5(7)4-8(11,12)13/h1-3H,4H2. The second kappa shape index (κ2) is 4.81. The second-order valence-corrected chi connectivity index (χ2v) is 6.02. The molecular formula is C9H5Cl4F3. The first kappa shape index (κ1) is 14.2. The number of hydrogen-bond acceptors (Lipinski definition) is 0. The van der Waals surface area contributed by atoms with Gasteiger partial charge >= 0.3 is 6.18 Å². The van der Waals surface area contributed by atoms with Crippen LogP contribution >= 0.6 is 46.4 Å². The Labute approximate surface area is 110 Å². The molecule has 90 valence electrons. The molecule has 0 amide bonds. The molecule has 1 rings (SSSR count). The van der Waals surface area contributed by atoms with Gasteiger partial charge < -0.3 is 0 Å². The molecule has 0 aliphatic heterocycles. The summed E-state index contributed by atoms with van der Waals surface area (Å²) in [6, 6.07) is 2.89. The lowest BCUT2D eigenvalue weighted by molar-refractivity contribution is -0.137. The van der Waals surface area contributed by atoms with E-state index in [1.54, 1.807) is 0 Å². The van der Waals surface area contributed by atoms with Gasteiger partial charge in [-0.25, -0.2) is 0 Å². The lowest BCUT2D eigenvalue weighted by atomic mass is 10.1. The third kappa shape index (κ3) is 4.21. The van der Waals surface area contributed by atoms with E-state index in [4.69, 9.17) is 46.4 Å². The van der Waals surface area contributed by atoms with Crippen molar-refractivity contribution in [1.82, 2.24) is 0 Å². The van der Waals surface area contributed by atoms with E-state index in [-0.39, 0.29) is 17.0 Å². The molecule has 0 fully saturated rings. The lowest BCUT2D eigenvalue weighted by Crippen LogP contribution is -2.10.